The normalized spacial score (nSPS) is 20.8. The first-order valence-corrected chi connectivity index (χ1v) is 27.2. The monoisotopic (exact) mass is 1060 g/mol. The number of hydrogen-bond acceptors (Lipinski definition) is 16. The maximum absolute atomic E-state index is 13.3. The van der Waals surface area contributed by atoms with E-state index in [1.165, 1.54) is 43.5 Å². The smallest absolute Gasteiger partial charge is 0.408 e. The number of benzene rings is 2. The van der Waals surface area contributed by atoms with E-state index in [-0.39, 0.29) is 34.4 Å². The predicted octanol–water partition coefficient (Wildman–Crippen LogP) is 6.47. The number of carbonyl (C=O) groups excluding carboxylic acids is 6. The molecule has 2 aromatic rings. The predicted molar refractivity (Wildman–Crippen MR) is 273 cm³/mol. The van der Waals surface area contributed by atoms with E-state index >= 15 is 0 Å². The van der Waals surface area contributed by atoms with Crippen molar-refractivity contribution in [1.29, 1.82) is 0 Å². The van der Waals surface area contributed by atoms with Gasteiger partial charge in [0.15, 0.2) is 0 Å². The molecule has 404 valence electrons. The summed E-state index contributed by atoms with van der Waals surface area (Å²) in [6.45, 7) is 17.9. The number of para-hydroxylation sites is 2. The Morgan fingerprint density at radius 1 is 0.699 bits per heavy atom. The summed E-state index contributed by atoms with van der Waals surface area (Å²) in [4.78, 5) is 74.4. The Labute approximate surface area is 429 Å². The van der Waals surface area contributed by atoms with Gasteiger partial charge in [-0.05, 0) is 117 Å². The molecule has 0 spiro atoms. The topological polar surface area (TPSA) is 306 Å². The van der Waals surface area contributed by atoms with Crippen molar-refractivity contribution in [1.82, 2.24) is 25.4 Å². The molecular weight excluding hydrogens is 987 g/mol. The van der Waals surface area contributed by atoms with Gasteiger partial charge in [-0.1, -0.05) is 62.1 Å². The van der Waals surface area contributed by atoms with E-state index in [1.807, 2.05) is 4.72 Å². The van der Waals surface area contributed by atoms with Crippen LogP contribution >= 0.6 is 0 Å². The van der Waals surface area contributed by atoms with Crippen LogP contribution in [0.15, 0.2) is 83.6 Å². The molecule has 5 amide bonds. The van der Waals surface area contributed by atoms with Crippen LogP contribution in [-0.4, -0.2) is 101 Å². The van der Waals surface area contributed by atoms with Crippen molar-refractivity contribution in [3.05, 3.63) is 73.8 Å². The zero-order valence-electron chi connectivity index (χ0n) is 42.8. The van der Waals surface area contributed by atoms with E-state index in [9.17, 15) is 45.6 Å². The highest BCUT2D eigenvalue weighted by atomic mass is 32.2. The van der Waals surface area contributed by atoms with Crippen LogP contribution in [0.4, 0.5) is 25.8 Å². The quantitative estimate of drug-likeness (QED) is 0.0219. The molecule has 8 N–H and O–H groups in total. The minimum absolute atomic E-state index is 0.0121. The molecular formula is C50H73N7O14S2. The molecule has 5 atom stereocenters. The number of carbonyl (C=O) groups is 6. The molecule has 0 aromatic heterocycles. The maximum atomic E-state index is 13.3. The number of nitrogens with two attached hydrogens (primary N) is 1. The van der Waals surface area contributed by atoms with E-state index in [0.29, 0.717) is 25.1 Å². The van der Waals surface area contributed by atoms with Crippen molar-refractivity contribution in [2.24, 2.45) is 11.8 Å². The average Bonchev–Trinajstić information content (AvgIpc) is 4.13. The lowest BCUT2D eigenvalue weighted by molar-refractivity contribution is -0.143. The number of ether oxygens (including phenoxy) is 4. The lowest BCUT2D eigenvalue weighted by atomic mass is 10.1. The number of esters is 1. The van der Waals surface area contributed by atoms with E-state index < -0.39 is 96.3 Å². The fraction of sp³-hybridized carbons (Fsp3) is 0.560. The van der Waals surface area contributed by atoms with E-state index in [4.69, 9.17) is 24.7 Å². The first-order chi connectivity index (χ1) is 34.1. The number of unbranched alkanes of at least 4 members (excludes halogenated alkanes) is 4. The van der Waals surface area contributed by atoms with Gasteiger partial charge in [-0.25, -0.2) is 45.5 Å². The van der Waals surface area contributed by atoms with Crippen LogP contribution < -0.4 is 36.4 Å². The van der Waals surface area contributed by atoms with Gasteiger partial charge in [0.05, 0.1) is 18.5 Å². The van der Waals surface area contributed by atoms with Gasteiger partial charge >= 0.3 is 24.2 Å². The molecule has 0 saturated heterocycles. The summed E-state index contributed by atoms with van der Waals surface area (Å²) in [5.41, 5.74) is 1.59. The van der Waals surface area contributed by atoms with Crippen molar-refractivity contribution >= 4 is 67.5 Å². The molecule has 3 saturated carbocycles. The van der Waals surface area contributed by atoms with Crippen molar-refractivity contribution in [2.45, 2.75) is 163 Å². The molecule has 0 bridgehead atoms. The summed E-state index contributed by atoms with van der Waals surface area (Å²) in [7, 11) is -7.19. The van der Waals surface area contributed by atoms with Crippen molar-refractivity contribution in [3.8, 4) is 0 Å². The molecule has 3 fully saturated rings. The summed E-state index contributed by atoms with van der Waals surface area (Å²) in [6, 6.07) is 11.3. The molecule has 0 heterocycles. The molecule has 0 unspecified atom stereocenters. The highest BCUT2D eigenvalue weighted by molar-refractivity contribution is 7.90. The minimum atomic E-state index is -4.29. The van der Waals surface area contributed by atoms with E-state index in [2.05, 4.69) is 39.1 Å². The molecule has 0 aliphatic heterocycles. The van der Waals surface area contributed by atoms with Gasteiger partial charge in [0.2, 0.25) is 0 Å². The molecule has 21 nitrogen and oxygen atoms in total. The highest BCUT2D eigenvalue weighted by Gasteiger charge is 2.62. The van der Waals surface area contributed by atoms with Crippen LogP contribution in [0, 0.1) is 11.8 Å². The number of rotatable bonds is 22. The second-order valence-corrected chi connectivity index (χ2v) is 23.5. The Balaban J connectivity index is 0.000000374. The fourth-order valence-electron chi connectivity index (χ4n) is 8.10. The van der Waals surface area contributed by atoms with Crippen LogP contribution in [0.3, 0.4) is 0 Å². The number of hydrogen-bond donors (Lipinski definition) is 7. The van der Waals surface area contributed by atoms with Gasteiger partial charge in [0.1, 0.15) is 44.2 Å². The Hall–Kier alpha value is -6.36. The molecule has 2 aromatic carbocycles. The molecule has 23 heteroatoms. The van der Waals surface area contributed by atoms with Gasteiger partial charge in [-0.2, -0.15) is 0 Å². The Morgan fingerprint density at radius 2 is 1.16 bits per heavy atom. The molecule has 0 radical (unpaired) electrons. The summed E-state index contributed by atoms with van der Waals surface area (Å²) < 4.78 is 76.4. The van der Waals surface area contributed by atoms with Crippen molar-refractivity contribution in [2.75, 3.05) is 24.7 Å². The highest BCUT2D eigenvalue weighted by Crippen LogP contribution is 2.46. The molecule has 73 heavy (non-hydrogen) atoms. The summed E-state index contributed by atoms with van der Waals surface area (Å²) in [5, 5.41) is 10.8. The van der Waals surface area contributed by atoms with Crippen LogP contribution in [-0.2, 0) is 53.4 Å². The second kappa shape index (κ2) is 25.0. The van der Waals surface area contributed by atoms with Crippen LogP contribution in [0.2, 0.25) is 0 Å². The Morgan fingerprint density at radius 3 is 1.64 bits per heavy atom. The third-order valence-corrected chi connectivity index (χ3v) is 14.8. The maximum Gasteiger partial charge on any atom is 0.408 e. The fourth-order valence-corrected chi connectivity index (χ4v) is 10.5. The number of methoxy groups -OCH3 is 1. The van der Waals surface area contributed by atoms with E-state index in [1.54, 1.807) is 65.8 Å². The Kier molecular flexibility index (Phi) is 20.3. The molecule has 3 aliphatic rings. The zero-order chi connectivity index (χ0) is 54.4. The third kappa shape index (κ3) is 17.4. The van der Waals surface area contributed by atoms with E-state index in [0.717, 1.165) is 51.4 Å². The van der Waals surface area contributed by atoms with Gasteiger partial charge in [-0.15, -0.1) is 13.2 Å². The number of sulfonamides is 2. The number of alkyl carbamates (subject to hydrolysis) is 3. The largest absolute Gasteiger partial charge is 0.467 e. The third-order valence-electron chi connectivity index (χ3n) is 12.0. The molecule has 5 rings (SSSR count). The van der Waals surface area contributed by atoms with Gasteiger partial charge in [0, 0.05) is 18.4 Å². The van der Waals surface area contributed by atoms with Gasteiger partial charge in [-0.3, -0.25) is 9.59 Å². The van der Waals surface area contributed by atoms with Crippen molar-refractivity contribution < 1.29 is 64.6 Å². The first-order valence-electron chi connectivity index (χ1n) is 24.3. The SMILES string of the molecule is C=C[C@@H]1C[C@]1(NC(=O)OC(C)(C)C)C(=O)NS(=O)(=O)c1ccccc1N.C=C[C@@H]1C[C@]1(NC(=O)OC(C)(C)C)C(=O)NS(=O)(=O)c1ccccc1NCCCCCCC[C@H](NC(=O)OC1CCCC1)C(=O)OC. The number of anilines is 2. The van der Waals surface area contributed by atoms with Gasteiger partial charge < -0.3 is 45.9 Å². The van der Waals surface area contributed by atoms with Crippen LogP contribution in [0.25, 0.3) is 0 Å². The summed E-state index contributed by atoms with van der Waals surface area (Å²) in [5.74, 6) is -3.08. The second-order valence-electron chi connectivity index (χ2n) is 20.2. The van der Waals surface area contributed by atoms with Crippen LogP contribution in [0.1, 0.15) is 119 Å². The lowest BCUT2D eigenvalue weighted by Gasteiger charge is -2.24. The zero-order valence-corrected chi connectivity index (χ0v) is 44.4. The summed E-state index contributed by atoms with van der Waals surface area (Å²) in [6.07, 6.45) is 9.27. The number of amides is 5. The van der Waals surface area contributed by atoms with Crippen molar-refractivity contribution in [3.63, 3.8) is 0 Å². The number of nitrogen functional groups attached to an aromatic ring is 1. The lowest BCUT2D eigenvalue weighted by Crippen LogP contribution is -2.52. The minimum Gasteiger partial charge on any atom is -0.467 e. The summed E-state index contributed by atoms with van der Waals surface area (Å²) >= 11 is 0. The molecule has 3 aliphatic carbocycles. The van der Waals surface area contributed by atoms with Crippen LogP contribution in [0.5, 0.6) is 0 Å². The average molecular weight is 1060 g/mol. The number of nitrogens with one attached hydrogen (secondary N) is 6. The first kappa shape index (κ1) is 59.2. The Bertz CT molecular complexity index is 2560. The standard InChI is InChI=1S/C33H50N4O9S.C17H23N3O5S/c1-6-23-22-33(23,36-31(41)46-32(2,3)4)29(39)37-47(42,43)27-20-14-13-18-25(27)34-21-15-9-7-8-10-19-26(28(38)44-5)35-30(40)45-24-16-11-12-17-24;1-5-11-10-17(11,19-15(22)25-16(2,3)4)14(21)20-26(23,24)13-9-7-6-8-12(13)18/h6,13-14,18,20,23-24,26,34H,1,7-12,15-17,19,21-22H2,2-5H3,(H,35,40)(H,36,41)(H,37,39);5-9,11H,1,10,18H2,2-4H3,(H,19,22)(H,20,21)/t23-,26+,33-;11-,17-/m11/s1. The van der Waals surface area contributed by atoms with Gasteiger partial charge in [0.25, 0.3) is 31.9 Å².